The lowest BCUT2D eigenvalue weighted by molar-refractivity contribution is 0.0538. The largest absolute Gasteiger partial charge is 0.396 e. The van der Waals surface area contributed by atoms with Crippen LogP contribution in [0.1, 0.15) is 23.2 Å². The summed E-state index contributed by atoms with van der Waals surface area (Å²) in [5.41, 5.74) is 4.45. The molecule has 1 saturated heterocycles. The summed E-state index contributed by atoms with van der Waals surface area (Å²) in [4.78, 5) is 13.3. The van der Waals surface area contributed by atoms with Gasteiger partial charge in [0.15, 0.2) is 5.82 Å². The van der Waals surface area contributed by atoms with Gasteiger partial charge >= 0.3 is 0 Å². The number of carbonyl (C=O) groups is 1. The number of nitrogens with two attached hydrogens (primary N) is 1. The minimum atomic E-state index is -1.02. The van der Waals surface area contributed by atoms with Crippen molar-refractivity contribution in [3.05, 3.63) is 29.3 Å². The molecule has 0 unspecified atom stereocenters. The zero-order valence-electron chi connectivity index (χ0n) is 9.70. The minimum absolute atomic E-state index is 0.253. The fraction of sp³-hybridized carbons (Fsp3) is 0.417. The van der Waals surface area contributed by atoms with E-state index in [2.05, 4.69) is 0 Å². The predicted octanol–water partition coefficient (Wildman–Crippen LogP) is 1.14. The topological polar surface area (TPSA) is 66.6 Å². The second-order valence-electron chi connectivity index (χ2n) is 4.35. The average Bonchev–Trinajstić information content (AvgIpc) is 2.35. The van der Waals surface area contributed by atoms with Crippen molar-refractivity contribution < 1.29 is 18.7 Å². The van der Waals surface area contributed by atoms with Crippen LogP contribution in [-0.2, 0) is 0 Å². The van der Waals surface area contributed by atoms with Gasteiger partial charge in [-0.2, -0.15) is 0 Å². The molecular weight excluding hydrogens is 242 g/mol. The van der Waals surface area contributed by atoms with Gasteiger partial charge in [-0.15, -0.1) is 0 Å². The Hall–Kier alpha value is -1.69. The first-order valence-corrected chi connectivity index (χ1v) is 5.71. The molecule has 0 saturated carbocycles. The normalized spacial score (nSPS) is 16.9. The van der Waals surface area contributed by atoms with Gasteiger partial charge in [-0.05, 0) is 25.0 Å². The number of aliphatic hydroxyl groups is 1. The number of halogens is 2. The monoisotopic (exact) mass is 256 g/mol. The van der Waals surface area contributed by atoms with Crippen molar-refractivity contribution in [2.75, 3.05) is 18.8 Å². The molecule has 0 aromatic heterocycles. The molecule has 2 rings (SSSR count). The second kappa shape index (κ2) is 4.89. The highest BCUT2D eigenvalue weighted by molar-refractivity contribution is 5.95. The van der Waals surface area contributed by atoms with Crippen molar-refractivity contribution >= 4 is 11.6 Å². The summed E-state index contributed by atoms with van der Waals surface area (Å²) in [5, 5.41) is 9.33. The van der Waals surface area contributed by atoms with Crippen molar-refractivity contribution in [3.63, 3.8) is 0 Å². The number of carbonyl (C=O) groups excluding carboxylic acids is 1. The van der Waals surface area contributed by atoms with E-state index < -0.39 is 29.2 Å². The summed E-state index contributed by atoms with van der Waals surface area (Å²) >= 11 is 0. The van der Waals surface area contributed by atoms with Crippen LogP contribution in [0.25, 0.3) is 0 Å². The molecule has 1 aliphatic heterocycles. The summed E-state index contributed by atoms with van der Waals surface area (Å²) in [6.07, 6.45) is 0.374. The standard InChI is InChI=1S/C12H14F2N2O2/c13-8-1-2-9(15)11(14)10(8)12(18)16-5-3-7(17)4-6-16/h1-2,7,17H,3-6,15H2. The minimum Gasteiger partial charge on any atom is -0.396 e. The van der Waals surface area contributed by atoms with E-state index in [1.54, 1.807) is 0 Å². The molecule has 1 aromatic carbocycles. The maximum absolute atomic E-state index is 13.7. The van der Waals surface area contributed by atoms with E-state index in [1.165, 1.54) is 4.90 Å². The summed E-state index contributed by atoms with van der Waals surface area (Å²) in [5.74, 6) is -2.66. The first kappa shape index (κ1) is 12.8. The molecule has 4 nitrogen and oxygen atoms in total. The van der Waals surface area contributed by atoms with Crippen LogP contribution in [0.3, 0.4) is 0 Å². The van der Waals surface area contributed by atoms with Gasteiger partial charge in [0.25, 0.3) is 5.91 Å². The van der Waals surface area contributed by atoms with Gasteiger partial charge in [-0.1, -0.05) is 0 Å². The maximum atomic E-state index is 13.7. The highest BCUT2D eigenvalue weighted by Crippen LogP contribution is 2.22. The third-order valence-electron chi connectivity index (χ3n) is 3.09. The van der Waals surface area contributed by atoms with Gasteiger partial charge in [-0.25, -0.2) is 8.78 Å². The number of aliphatic hydroxyl groups excluding tert-OH is 1. The van der Waals surface area contributed by atoms with E-state index in [1.807, 2.05) is 0 Å². The highest BCUT2D eigenvalue weighted by atomic mass is 19.1. The smallest absolute Gasteiger partial charge is 0.259 e. The fourth-order valence-electron chi connectivity index (χ4n) is 1.99. The maximum Gasteiger partial charge on any atom is 0.259 e. The Labute approximate surface area is 103 Å². The molecule has 0 bridgehead atoms. The molecule has 1 aliphatic rings. The molecule has 18 heavy (non-hydrogen) atoms. The Morgan fingerprint density at radius 3 is 2.56 bits per heavy atom. The van der Waals surface area contributed by atoms with Crippen LogP contribution >= 0.6 is 0 Å². The zero-order chi connectivity index (χ0) is 13.3. The Bertz CT molecular complexity index is 471. The molecule has 0 spiro atoms. The Morgan fingerprint density at radius 2 is 1.94 bits per heavy atom. The summed E-state index contributed by atoms with van der Waals surface area (Å²) < 4.78 is 27.2. The number of piperidine rings is 1. The third-order valence-corrected chi connectivity index (χ3v) is 3.09. The molecule has 1 heterocycles. The molecule has 1 aromatic rings. The van der Waals surface area contributed by atoms with Crippen molar-refractivity contribution in [2.45, 2.75) is 18.9 Å². The van der Waals surface area contributed by atoms with Crippen molar-refractivity contribution in [1.29, 1.82) is 0 Å². The number of anilines is 1. The van der Waals surface area contributed by atoms with E-state index in [-0.39, 0.29) is 18.8 Å². The number of benzene rings is 1. The molecule has 0 atom stereocenters. The van der Waals surface area contributed by atoms with Gasteiger partial charge in [0.05, 0.1) is 11.8 Å². The van der Waals surface area contributed by atoms with E-state index in [9.17, 15) is 18.7 Å². The SMILES string of the molecule is Nc1ccc(F)c(C(=O)N2CCC(O)CC2)c1F. The Kier molecular flexibility index (Phi) is 3.47. The molecule has 1 fully saturated rings. The lowest BCUT2D eigenvalue weighted by Gasteiger charge is -2.29. The van der Waals surface area contributed by atoms with Crippen molar-refractivity contribution in [2.24, 2.45) is 0 Å². The molecule has 0 aliphatic carbocycles. The number of hydrogen-bond acceptors (Lipinski definition) is 3. The number of rotatable bonds is 1. The summed E-state index contributed by atoms with van der Waals surface area (Å²) in [7, 11) is 0. The Morgan fingerprint density at radius 1 is 1.33 bits per heavy atom. The van der Waals surface area contributed by atoms with Crippen LogP contribution in [-0.4, -0.2) is 35.1 Å². The van der Waals surface area contributed by atoms with E-state index >= 15 is 0 Å². The quantitative estimate of drug-likeness (QED) is 0.740. The third kappa shape index (κ3) is 2.28. The number of nitrogen functional groups attached to an aromatic ring is 1. The summed E-state index contributed by atoms with van der Waals surface area (Å²) in [6.45, 7) is 0.571. The van der Waals surface area contributed by atoms with Gasteiger partial charge in [-0.3, -0.25) is 4.79 Å². The van der Waals surface area contributed by atoms with E-state index in [0.29, 0.717) is 12.8 Å². The van der Waals surface area contributed by atoms with E-state index in [0.717, 1.165) is 12.1 Å². The first-order valence-electron chi connectivity index (χ1n) is 5.71. The van der Waals surface area contributed by atoms with Crippen LogP contribution in [0.15, 0.2) is 12.1 Å². The van der Waals surface area contributed by atoms with Crippen LogP contribution in [0.5, 0.6) is 0 Å². The van der Waals surface area contributed by atoms with Crippen LogP contribution < -0.4 is 5.73 Å². The van der Waals surface area contributed by atoms with Crippen LogP contribution in [0.4, 0.5) is 14.5 Å². The lowest BCUT2D eigenvalue weighted by atomic mass is 10.1. The first-order chi connectivity index (χ1) is 8.50. The average molecular weight is 256 g/mol. The molecule has 0 radical (unpaired) electrons. The molecule has 1 amide bonds. The van der Waals surface area contributed by atoms with Crippen molar-refractivity contribution in [3.8, 4) is 0 Å². The van der Waals surface area contributed by atoms with E-state index in [4.69, 9.17) is 5.73 Å². The Balaban J connectivity index is 2.26. The molecular formula is C12H14F2N2O2. The second-order valence-corrected chi connectivity index (χ2v) is 4.35. The van der Waals surface area contributed by atoms with Crippen molar-refractivity contribution in [1.82, 2.24) is 4.90 Å². The number of hydrogen-bond donors (Lipinski definition) is 2. The number of nitrogens with zero attached hydrogens (tertiary/aromatic N) is 1. The molecule has 6 heteroatoms. The lowest BCUT2D eigenvalue weighted by Crippen LogP contribution is -2.40. The fourth-order valence-corrected chi connectivity index (χ4v) is 1.99. The number of amides is 1. The van der Waals surface area contributed by atoms with Gasteiger partial charge < -0.3 is 15.7 Å². The van der Waals surface area contributed by atoms with Crippen LogP contribution in [0.2, 0.25) is 0 Å². The molecule has 3 N–H and O–H groups in total. The predicted molar refractivity (Wildman–Crippen MR) is 61.9 cm³/mol. The van der Waals surface area contributed by atoms with Crippen LogP contribution in [0, 0.1) is 11.6 Å². The van der Waals surface area contributed by atoms with Gasteiger partial charge in [0, 0.05) is 13.1 Å². The zero-order valence-corrected chi connectivity index (χ0v) is 9.70. The van der Waals surface area contributed by atoms with Gasteiger partial charge in [0.2, 0.25) is 0 Å². The highest BCUT2D eigenvalue weighted by Gasteiger charge is 2.27. The summed E-state index contributed by atoms with van der Waals surface area (Å²) in [6, 6.07) is 2.06. The number of likely N-dealkylation sites (tertiary alicyclic amines) is 1. The van der Waals surface area contributed by atoms with Gasteiger partial charge in [0.1, 0.15) is 11.4 Å². The molecule has 98 valence electrons.